The normalized spacial score (nSPS) is 37.5. The Morgan fingerprint density at radius 2 is 1.94 bits per heavy atom. The van der Waals surface area contributed by atoms with E-state index in [-0.39, 0.29) is 24.2 Å². The van der Waals surface area contributed by atoms with Crippen LogP contribution in [0.15, 0.2) is 11.2 Å². The Morgan fingerprint density at radius 1 is 1.26 bits per heavy atom. The van der Waals surface area contributed by atoms with E-state index in [4.69, 9.17) is 9.47 Å². The molecule has 2 aliphatic heterocycles. The van der Waals surface area contributed by atoms with Crippen molar-refractivity contribution in [2.45, 2.75) is 104 Å². The molecular weight excluding hydrogens is 473 g/mol. The molecule has 7 nitrogen and oxygen atoms in total. The van der Waals surface area contributed by atoms with Crippen LogP contribution in [0.2, 0.25) is 0 Å². The highest BCUT2D eigenvalue weighted by molar-refractivity contribution is 7.09. The number of aliphatic hydroxyl groups excluding tert-OH is 2. The molecule has 0 aromatic carbocycles. The summed E-state index contributed by atoms with van der Waals surface area (Å²) in [6.45, 7) is 10.4. The average Bonchev–Trinajstić information content (AvgIpc) is 3.22. The Hall–Kier alpha value is -1.68. The van der Waals surface area contributed by atoms with Crippen molar-refractivity contribution in [3.05, 3.63) is 21.9 Å². The molecule has 0 unspecified atom stereocenters. The molecular formula is C26H38FNO6S. The van der Waals surface area contributed by atoms with E-state index in [1.54, 1.807) is 26.2 Å². The number of aryl methyl sites for hydroxylation is 1. The summed E-state index contributed by atoms with van der Waals surface area (Å²) in [6.07, 6.45) is -0.593. The van der Waals surface area contributed by atoms with E-state index in [0.29, 0.717) is 18.5 Å². The van der Waals surface area contributed by atoms with Crippen LogP contribution in [0, 0.1) is 24.2 Å². The van der Waals surface area contributed by atoms with Gasteiger partial charge >= 0.3 is 5.97 Å². The Kier molecular flexibility index (Phi) is 8.57. The van der Waals surface area contributed by atoms with Crippen LogP contribution in [-0.2, 0) is 19.1 Å². The van der Waals surface area contributed by atoms with Crippen molar-refractivity contribution in [2.75, 3.05) is 0 Å². The largest absolute Gasteiger partial charge is 0.455 e. The van der Waals surface area contributed by atoms with Crippen molar-refractivity contribution in [1.29, 1.82) is 0 Å². The zero-order chi connectivity index (χ0) is 26.1. The van der Waals surface area contributed by atoms with Gasteiger partial charge in [0, 0.05) is 17.7 Å². The molecule has 1 aromatic rings. The number of epoxide rings is 1. The molecule has 2 aliphatic rings. The van der Waals surface area contributed by atoms with Crippen LogP contribution in [-0.4, -0.2) is 57.0 Å². The van der Waals surface area contributed by atoms with Gasteiger partial charge in [-0.25, -0.2) is 9.37 Å². The zero-order valence-corrected chi connectivity index (χ0v) is 22.2. The number of hydrogen-bond donors (Lipinski definition) is 2. The summed E-state index contributed by atoms with van der Waals surface area (Å²) in [5.74, 6) is -2.62. The summed E-state index contributed by atoms with van der Waals surface area (Å²) in [6, 6.07) is 0. The molecule has 3 heterocycles. The fourth-order valence-electron chi connectivity index (χ4n) is 4.86. The molecule has 196 valence electrons. The Morgan fingerprint density at radius 3 is 2.57 bits per heavy atom. The fourth-order valence-corrected chi connectivity index (χ4v) is 5.44. The number of Topliss-reactive ketones (excluding diaryl/α,β-unsaturated/α-hetero) is 1. The molecule has 1 aromatic heterocycles. The number of fused-ring (bicyclic) bond motifs is 1. The molecule has 0 amide bonds. The summed E-state index contributed by atoms with van der Waals surface area (Å²) >= 11 is 1.39. The van der Waals surface area contributed by atoms with Crippen LogP contribution < -0.4 is 0 Å². The smallest absolute Gasteiger partial charge is 0.309 e. The summed E-state index contributed by atoms with van der Waals surface area (Å²) in [5.41, 5.74) is -1.32. The van der Waals surface area contributed by atoms with Gasteiger partial charge in [-0.05, 0) is 38.7 Å². The number of hydrogen-bond acceptors (Lipinski definition) is 8. The predicted octanol–water partition coefficient (Wildman–Crippen LogP) is 4.38. The number of aliphatic hydroxyl groups is 2. The van der Waals surface area contributed by atoms with Crippen LogP contribution >= 0.6 is 11.3 Å². The van der Waals surface area contributed by atoms with Crippen LogP contribution in [0.5, 0.6) is 0 Å². The third kappa shape index (κ3) is 6.56. The standard InChI is InChI=1S/C26H38FNO6S/c1-14-8-7-9-26(6)21(34-26)11-19(18(27)10-17-13-35-16(3)28-17)33-22(30)12-20(29)25(4,5)24(32)15(2)23(14)31/h10,13-15,19-21,23,29,31H,7-9,11-12H2,1-6H3/t14-,15+,19-,20-,21+,23-,26-/m0/s1. The second-order valence-corrected chi connectivity index (χ2v) is 12.0. The minimum atomic E-state index is -1.35. The molecule has 2 saturated heterocycles. The van der Waals surface area contributed by atoms with E-state index in [0.717, 1.165) is 11.4 Å². The highest BCUT2D eigenvalue weighted by Gasteiger charge is 2.53. The van der Waals surface area contributed by atoms with Gasteiger partial charge in [-0.15, -0.1) is 11.3 Å². The molecule has 3 rings (SSSR count). The molecule has 7 atom stereocenters. The maximum Gasteiger partial charge on any atom is 0.309 e. The monoisotopic (exact) mass is 511 g/mol. The minimum absolute atomic E-state index is 0.129. The van der Waals surface area contributed by atoms with Gasteiger partial charge in [0.25, 0.3) is 0 Å². The number of carbonyl (C=O) groups excluding carboxylic acids is 2. The number of rotatable bonds is 2. The molecule has 0 spiro atoms. The second kappa shape index (κ2) is 10.7. The van der Waals surface area contributed by atoms with Gasteiger partial charge in [0.05, 0.1) is 46.5 Å². The van der Waals surface area contributed by atoms with Gasteiger partial charge in [-0.2, -0.15) is 0 Å². The van der Waals surface area contributed by atoms with Crippen molar-refractivity contribution in [2.24, 2.45) is 17.3 Å². The van der Waals surface area contributed by atoms with Crippen molar-refractivity contribution < 1.29 is 33.7 Å². The lowest BCUT2D eigenvalue weighted by Crippen LogP contribution is -2.45. The third-order valence-corrected chi connectivity index (χ3v) is 8.43. The van der Waals surface area contributed by atoms with Crippen molar-refractivity contribution in [1.82, 2.24) is 4.98 Å². The highest BCUT2D eigenvalue weighted by atomic mass is 32.1. The number of carbonyl (C=O) groups is 2. The molecule has 9 heteroatoms. The molecule has 0 bridgehead atoms. The van der Waals surface area contributed by atoms with E-state index in [1.165, 1.54) is 17.4 Å². The van der Waals surface area contributed by atoms with Gasteiger partial charge in [0.1, 0.15) is 11.6 Å². The van der Waals surface area contributed by atoms with Gasteiger partial charge in [0.15, 0.2) is 6.10 Å². The predicted molar refractivity (Wildman–Crippen MR) is 131 cm³/mol. The number of thiazole rings is 1. The van der Waals surface area contributed by atoms with E-state index in [1.807, 2.05) is 20.8 Å². The van der Waals surface area contributed by atoms with Gasteiger partial charge in [0.2, 0.25) is 0 Å². The van der Waals surface area contributed by atoms with Crippen LogP contribution in [0.25, 0.3) is 6.08 Å². The fraction of sp³-hybridized carbons (Fsp3) is 0.731. The number of esters is 1. The van der Waals surface area contributed by atoms with Crippen LogP contribution in [0.1, 0.15) is 77.4 Å². The highest BCUT2D eigenvalue weighted by Crippen LogP contribution is 2.45. The van der Waals surface area contributed by atoms with Crippen LogP contribution in [0.3, 0.4) is 0 Å². The summed E-state index contributed by atoms with van der Waals surface area (Å²) in [4.78, 5) is 30.2. The summed E-state index contributed by atoms with van der Waals surface area (Å²) < 4.78 is 26.7. The number of ether oxygens (including phenoxy) is 2. The van der Waals surface area contributed by atoms with Crippen molar-refractivity contribution >= 4 is 29.2 Å². The first-order chi connectivity index (χ1) is 16.2. The third-order valence-electron chi connectivity index (χ3n) is 7.64. The molecule has 2 fully saturated rings. The second-order valence-electron chi connectivity index (χ2n) is 10.9. The summed E-state index contributed by atoms with van der Waals surface area (Å²) in [7, 11) is 0. The maximum absolute atomic E-state index is 15.3. The quantitative estimate of drug-likeness (QED) is 0.448. The van der Waals surface area contributed by atoms with Crippen molar-refractivity contribution in [3.8, 4) is 0 Å². The maximum atomic E-state index is 15.3. The van der Waals surface area contributed by atoms with Crippen LogP contribution in [0.4, 0.5) is 4.39 Å². The molecule has 2 N–H and O–H groups in total. The molecule has 0 aliphatic carbocycles. The number of cyclic esters (lactones) is 1. The number of ketones is 1. The minimum Gasteiger partial charge on any atom is -0.455 e. The first kappa shape index (κ1) is 27.9. The van der Waals surface area contributed by atoms with Gasteiger partial charge in [-0.3, -0.25) is 9.59 Å². The Labute approximate surface area is 210 Å². The SMILES string of the molecule is Cc1nc(C=C(F)[C@@H]2C[C@H]3O[C@@]3(C)CCC[C@H](C)[C@H](O)[C@@H](C)C(=O)C(C)(C)[C@@H](O)CC(=O)O2)cs1. The lowest BCUT2D eigenvalue weighted by molar-refractivity contribution is -0.155. The van der Waals surface area contributed by atoms with Gasteiger partial charge < -0.3 is 19.7 Å². The number of aromatic nitrogens is 1. The van der Waals surface area contributed by atoms with E-state index >= 15 is 4.39 Å². The first-order valence-electron chi connectivity index (χ1n) is 12.3. The molecule has 0 radical (unpaired) electrons. The van der Waals surface area contributed by atoms with E-state index in [2.05, 4.69) is 4.98 Å². The molecule has 35 heavy (non-hydrogen) atoms. The number of nitrogens with zero attached hydrogens (tertiary/aromatic N) is 1. The molecule has 0 saturated carbocycles. The Bertz CT molecular complexity index is 961. The topological polar surface area (TPSA) is 109 Å². The zero-order valence-electron chi connectivity index (χ0n) is 21.4. The lowest BCUT2D eigenvalue weighted by Gasteiger charge is -2.34. The lowest BCUT2D eigenvalue weighted by atomic mass is 9.73. The number of halogens is 1. The first-order valence-corrected chi connectivity index (χ1v) is 13.2. The van der Waals surface area contributed by atoms with E-state index < -0.39 is 53.5 Å². The Balaban J connectivity index is 1.85. The van der Waals surface area contributed by atoms with Gasteiger partial charge in [-0.1, -0.05) is 34.1 Å². The average molecular weight is 512 g/mol. The van der Waals surface area contributed by atoms with Crippen molar-refractivity contribution in [3.63, 3.8) is 0 Å². The summed E-state index contributed by atoms with van der Waals surface area (Å²) in [5, 5.41) is 24.1. The van der Waals surface area contributed by atoms with E-state index in [9.17, 15) is 19.8 Å².